The Hall–Kier alpha value is -2.52. The third-order valence-electron chi connectivity index (χ3n) is 3.83. The first-order chi connectivity index (χ1) is 11.2. The van der Waals surface area contributed by atoms with Crippen molar-refractivity contribution < 1.29 is 9.32 Å². The van der Waals surface area contributed by atoms with Crippen LogP contribution in [0.5, 0.6) is 0 Å². The summed E-state index contributed by atoms with van der Waals surface area (Å²) in [6, 6.07) is 8.78. The van der Waals surface area contributed by atoms with Gasteiger partial charge in [-0.15, -0.1) is 0 Å². The normalized spacial score (nSPS) is 17.0. The Bertz CT molecular complexity index is 753. The van der Waals surface area contributed by atoms with Crippen molar-refractivity contribution in [3.63, 3.8) is 0 Å². The molecule has 1 saturated heterocycles. The number of likely N-dealkylation sites (tertiary alicyclic amines) is 1. The van der Waals surface area contributed by atoms with E-state index in [0.29, 0.717) is 23.8 Å². The van der Waals surface area contributed by atoms with Crippen molar-refractivity contribution in [2.75, 3.05) is 19.6 Å². The van der Waals surface area contributed by atoms with Crippen molar-refractivity contribution in [3.05, 3.63) is 41.1 Å². The molecule has 7 heteroatoms. The van der Waals surface area contributed by atoms with E-state index in [2.05, 4.69) is 16.7 Å². The predicted octanol–water partition coefficient (Wildman–Crippen LogP) is 2.53. The number of benzene rings is 1. The van der Waals surface area contributed by atoms with Crippen LogP contribution in [0.25, 0.3) is 11.3 Å². The number of aromatic nitrogens is 1. The minimum atomic E-state index is -0.304. The highest BCUT2D eigenvalue weighted by Crippen LogP contribution is 2.22. The lowest BCUT2D eigenvalue weighted by atomic mass is 10.1. The molecule has 1 aliphatic heterocycles. The third-order valence-corrected chi connectivity index (χ3v) is 4.07. The van der Waals surface area contributed by atoms with E-state index in [9.17, 15) is 4.79 Å². The Labute approximate surface area is 138 Å². The molecule has 1 aromatic heterocycles. The van der Waals surface area contributed by atoms with Gasteiger partial charge in [0.15, 0.2) is 6.19 Å². The van der Waals surface area contributed by atoms with Crippen LogP contribution < -0.4 is 5.32 Å². The number of carbonyl (C=O) groups is 1. The van der Waals surface area contributed by atoms with Crippen molar-refractivity contribution >= 4 is 17.5 Å². The van der Waals surface area contributed by atoms with E-state index in [1.807, 2.05) is 12.1 Å². The lowest BCUT2D eigenvalue weighted by Crippen LogP contribution is -2.30. The van der Waals surface area contributed by atoms with Gasteiger partial charge in [-0.1, -0.05) is 28.9 Å². The maximum Gasteiger partial charge on any atom is 0.289 e. The molecule has 118 valence electrons. The minimum Gasteiger partial charge on any atom is -0.350 e. The zero-order valence-corrected chi connectivity index (χ0v) is 13.1. The van der Waals surface area contributed by atoms with Crippen LogP contribution in [0.1, 0.15) is 17.0 Å². The Morgan fingerprint density at radius 2 is 2.39 bits per heavy atom. The summed E-state index contributed by atoms with van der Waals surface area (Å²) in [5.74, 6) is 0.144. The maximum atomic E-state index is 12.1. The molecular weight excluding hydrogens is 316 g/mol. The van der Waals surface area contributed by atoms with Crippen LogP contribution in [0.3, 0.4) is 0 Å². The van der Waals surface area contributed by atoms with E-state index in [4.69, 9.17) is 21.4 Å². The van der Waals surface area contributed by atoms with Crippen LogP contribution in [-0.2, 0) is 0 Å². The molecule has 0 radical (unpaired) electrons. The molecule has 6 nitrogen and oxygen atoms in total. The standard InChI is InChI=1S/C16H15ClN4O2/c17-13-3-1-2-12(6-13)14-7-15(23-20-14)16(22)19-8-11-4-5-21(9-11)10-18/h1-3,6-7,11H,4-5,8-9H2,(H,19,22). The average molecular weight is 331 g/mol. The van der Waals surface area contributed by atoms with Crippen LogP contribution in [-0.4, -0.2) is 35.6 Å². The van der Waals surface area contributed by atoms with Gasteiger partial charge in [0.2, 0.25) is 5.76 Å². The molecule has 0 spiro atoms. The second-order valence-corrected chi connectivity index (χ2v) is 5.93. The number of nitriles is 1. The Kier molecular flexibility index (Phi) is 4.49. The van der Waals surface area contributed by atoms with Crippen LogP contribution in [0.2, 0.25) is 5.02 Å². The van der Waals surface area contributed by atoms with E-state index in [1.54, 1.807) is 23.1 Å². The second-order valence-electron chi connectivity index (χ2n) is 5.50. The fraction of sp³-hybridized carbons (Fsp3) is 0.312. The molecule has 2 heterocycles. The first kappa shape index (κ1) is 15.4. The molecule has 1 unspecified atom stereocenters. The average Bonchev–Trinajstić information content (AvgIpc) is 3.22. The minimum absolute atomic E-state index is 0.162. The molecule has 1 atom stereocenters. The molecule has 0 aliphatic carbocycles. The van der Waals surface area contributed by atoms with Gasteiger partial charge >= 0.3 is 0 Å². The van der Waals surface area contributed by atoms with Crippen LogP contribution in [0.4, 0.5) is 0 Å². The molecule has 1 aliphatic rings. The van der Waals surface area contributed by atoms with E-state index in [1.165, 1.54) is 0 Å². The second kappa shape index (κ2) is 6.71. The number of carbonyl (C=O) groups excluding carboxylic acids is 1. The smallest absolute Gasteiger partial charge is 0.289 e. The number of hydrogen-bond donors (Lipinski definition) is 1. The molecule has 0 saturated carbocycles. The van der Waals surface area contributed by atoms with Crippen molar-refractivity contribution in [1.82, 2.24) is 15.4 Å². The van der Waals surface area contributed by atoms with Crippen molar-refractivity contribution in [2.24, 2.45) is 5.92 Å². The lowest BCUT2D eigenvalue weighted by molar-refractivity contribution is 0.0911. The molecule has 0 bridgehead atoms. The predicted molar refractivity (Wildman–Crippen MR) is 84.6 cm³/mol. The highest BCUT2D eigenvalue weighted by molar-refractivity contribution is 6.30. The number of nitrogens with zero attached hydrogens (tertiary/aromatic N) is 3. The summed E-state index contributed by atoms with van der Waals surface area (Å²) in [7, 11) is 0. The largest absolute Gasteiger partial charge is 0.350 e. The topological polar surface area (TPSA) is 82.2 Å². The number of halogens is 1. The summed E-state index contributed by atoms with van der Waals surface area (Å²) in [6.45, 7) is 1.95. The summed E-state index contributed by atoms with van der Waals surface area (Å²) in [4.78, 5) is 13.8. The van der Waals surface area contributed by atoms with Gasteiger partial charge < -0.3 is 14.7 Å². The maximum absolute atomic E-state index is 12.1. The molecule has 1 fully saturated rings. The highest BCUT2D eigenvalue weighted by atomic mass is 35.5. The van der Waals surface area contributed by atoms with Gasteiger partial charge in [-0.2, -0.15) is 5.26 Å². The number of hydrogen-bond acceptors (Lipinski definition) is 5. The lowest BCUT2D eigenvalue weighted by Gasteiger charge is -2.09. The Balaban J connectivity index is 1.60. The van der Waals surface area contributed by atoms with E-state index in [-0.39, 0.29) is 17.6 Å². The highest BCUT2D eigenvalue weighted by Gasteiger charge is 2.23. The Morgan fingerprint density at radius 3 is 3.13 bits per heavy atom. The fourth-order valence-electron chi connectivity index (χ4n) is 2.58. The van der Waals surface area contributed by atoms with Crippen LogP contribution >= 0.6 is 11.6 Å². The summed E-state index contributed by atoms with van der Waals surface area (Å²) in [5, 5.41) is 16.2. The fourth-order valence-corrected chi connectivity index (χ4v) is 2.77. The van der Waals surface area contributed by atoms with Gasteiger partial charge in [0.1, 0.15) is 5.69 Å². The van der Waals surface area contributed by atoms with Crippen molar-refractivity contribution in [3.8, 4) is 17.5 Å². The SMILES string of the molecule is N#CN1CCC(CNC(=O)c2cc(-c3cccc(Cl)c3)no2)C1. The number of rotatable bonds is 4. The van der Waals surface area contributed by atoms with Gasteiger partial charge in [0.25, 0.3) is 5.91 Å². The summed E-state index contributed by atoms with van der Waals surface area (Å²) in [6.07, 6.45) is 3.02. The summed E-state index contributed by atoms with van der Waals surface area (Å²) in [5.41, 5.74) is 1.36. The monoisotopic (exact) mass is 330 g/mol. The van der Waals surface area contributed by atoms with Gasteiger partial charge in [-0.05, 0) is 24.5 Å². The molecule has 1 amide bonds. The first-order valence-electron chi connectivity index (χ1n) is 7.31. The van der Waals surface area contributed by atoms with Gasteiger partial charge in [0, 0.05) is 36.3 Å². The first-order valence-corrected chi connectivity index (χ1v) is 7.69. The molecule has 1 N–H and O–H groups in total. The van der Waals surface area contributed by atoms with Crippen LogP contribution in [0, 0.1) is 17.4 Å². The molecule has 3 rings (SSSR count). The van der Waals surface area contributed by atoms with E-state index < -0.39 is 0 Å². The zero-order chi connectivity index (χ0) is 16.2. The number of nitrogens with one attached hydrogen (secondary N) is 1. The molecular formula is C16H15ClN4O2. The number of amides is 1. The van der Waals surface area contributed by atoms with Crippen LogP contribution in [0.15, 0.2) is 34.9 Å². The van der Waals surface area contributed by atoms with E-state index >= 15 is 0 Å². The quantitative estimate of drug-likeness (QED) is 0.871. The van der Waals surface area contributed by atoms with E-state index in [0.717, 1.165) is 18.5 Å². The molecule has 23 heavy (non-hydrogen) atoms. The van der Waals surface area contributed by atoms with Gasteiger partial charge in [-0.25, -0.2) is 0 Å². The summed E-state index contributed by atoms with van der Waals surface area (Å²) < 4.78 is 5.11. The van der Waals surface area contributed by atoms with Crippen molar-refractivity contribution in [2.45, 2.75) is 6.42 Å². The zero-order valence-electron chi connectivity index (χ0n) is 12.3. The van der Waals surface area contributed by atoms with Crippen molar-refractivity contribution in [1.29, 1.82) is 5.26 Å². The molecule has 1 aromatic carbocycles. The summed E-state index contributed by atoms with van der Waals surface area (Å²) >= 11 is 5.95. The Morgan fingerprint density at radius 1 is 1.52 bits per heavy atom. The molecule has 2 aromatic rings. The van der Waals surface area contributed by atoms with Gasteiger partial charge in [-0.3, -0.25) is 4.79 Å². The van der Waals surface area contributed by atoms with Gasteiger partial charge in [0.05, 0.1) is 0 Å². The third kappa shape index (κ3) is 3.63.